The maximum Gasteiger partial charge on any atom is 0.300 e. The maximum absolute atomic E-state index is 11.7. The van der Waals surface area contributed by atoms with Crippen molar-refractivity contribution in [3.05, 3.63) is 40.7 Å². The van der Waals surface area contributed by atoms with E-state index in [9.17, 15) is 4.79 Å². The Kier molecular flexibility index (Phi) is 2.91. The third kappa shape index (κ3) is 1.92. The van der Waals surface area contributed by atoms with Crippen LogP contribution in [0.2, 0.25) is 0 Å². The number of benzene rings is 1. The lowest BCUT2D eigenvalue weighted by atomic mass is 10.2. The Morgan fingerprint density at radius 2 is 2.00 bits per heavy atom. The van der Waals surface area contributed by atoms with E-state index in [1.165, 1.54) is 11.8 Å². The van der Waals surface area contributed by atoms with E-state index in [1.54, 1.807) is 18.4 Å². The second kappa shape index (κ2) is 4.36. The van der Waals surface area contributed by atoms with Crippen molar-refractivity contribution in [1.82, 2.24) is 14.9 Å². The Hall–Kier alpha value is -1.82. The molecule has 16 heavy (non-hydrogen) atoms. The molecule has 0 saturated heterocycles. The highest BCUT2D eigenvalue weighted by molar-refractivity contribution is 7.98. The molecule has 0 unspecified atom stereocenters. The first-order chi connectivity index (χ1) is 7.72. The minimum absolute atomic E-state index is 0.265. The van der Waals surface area contributed by atoms with Gasteiger partial charge in [-0.2, -0.15) is 9.77 Å². The van der Waals surface area contributed by atoms with Crippen LogP contribution in [0, 0.1) is 0 Å². The number of rotatable bonds is 2. The molecule has 0 aliphatic heterocycles. The van der Waals surface area contributed by atoms with Crippen LogP contribution in [0.1, 0.15) is 0 Å². The summed E-state index contributed by atoms with van der Waals surface area (Å²) < 4.78 is 0. The van der Waals surface area contributed by atoms with Crippen molar-refractivity contribution in [2.45, 2.75) is 5.16 Å². The molecule has 0 amide bonds. The number of nitrogens with two attached hydrogens (primary N) is 1. The van der Waals surface area contributed by atoms with Gasteiger partial charge in [-0.15, -0.1) is 5.10 Å². The van der Waals surface area contributed by atoms with E-state index in [1.807, 2.05) is 18.2 Å². The molecule has 6 heteroatoms. The van der Waals surface area contributed by atoms with Gasteiger partial charge >= 0.3 is 5.56 Å². The smallest absolute Gasteiger partial charge is 0.300 e. The quantitative estimate of drug-likeness (QED) is 0.613. The summed E-state index contributed by atoms with van der Waals surface area (Å²) in [5.74, 6) is 5.62. The van der Waals surface area contributed by atoms with E-state index < -0.39 is 0 Å². The standard InChI is InChI=1S/C10H10N4OS/c1-16-10-12-9(15)8(13-14(10)11)7-5-3-2-4-6-7/h2-6H,11H2,1H3. The van der Waals surface area contributed by atoms with Crippen molar-refractivity contribution >= 4 is 11.8 Å². The zero-order valence-electron chi connectivity index (χ0n) is 8.62. The van der Waals surface area contributed by atoms with E-state index in [0.717, 1.165) is 4.79 Å². The van der Waals surface area contributed by atoms with Gasteiger partial charge in [0.05, 0.1) is 0 Å². The summed E-state index contributed by atoms with van der Waals surface area (Å²) in [7, 11) is 0. The molecule has 2 rings (SSSR count). The van der Waals surface area contributed by atoms with Crippen LogP contribution in [0.25, 0.3) is 11.3 Å². The normalized spacial score (nSPS) is 10.3. The molecule has 0 radical (unpaired) electrons. The number of aromatic nitrogens is 3. The van der Waals surface area contributed by atoms with Gasteiger partial charge in [-0.25, -0.2) is 0 Å². The fourth-order valence-electron chi connectivity index (χ4n) is 1.30. The molecule has 2 aromatic rings. The van der Waals surface area contributed by atoms with Crippen molar-refractivity contribution in [2.75, 3.05) is 12.1 Å². The molecule has 0 bridgehead atoms. The first-order valence-electron chi connectivity index (χ1n) is 4.58. The van der Waals surface area contributed by atoms with E-state index in [0.29, 0.717) is 10.7 Å². The minimum Gasteiger partial charge on any atom is -0.321 e. The van der Waals surface area contributed by atoms with Gasteiger partial charge in [0.25, 0.3) is 0 Å². The topological polar surface area (TPSA) is 73.8 Å². The maximum atomic E-state index is 11.7. The van der Waals surface area contributed by atoms with Crippen molar-refractivity contribution in [3.63, 3.8) is 0 Å². The summed E-state index contributed by atoms with van der Waals surface area (Å²) in [4.78, 5) is 16.7. The van der Waals surface area contributed by atoms with Crippen LogP contribution in [-0.2, 0) is 0 Å². The molecule has 0 aliphatic carbocycles. The third-order valence-corrected chi connectivity index (χ3v) is 2.68. The highest BCUT2D eigenvalue weighted by Crippen LogP contribution is 2.12. The summed E-state index contributed by atoms with van der Waals surface area (Å²) in [6.07, 6.45) is 1.79. The summed E-state index contributed by atoms with van der Waals surface area (Å²) >= 11 is 1.28. The lowest BCUT2D eigenvalue weighted by Gasteiger charge is -2.05. The van der Waals surface area contributed by atoms with Crippen molar-refractivity contribution in [1.29, 1.82) is 0 Å². The molecule has 2 N–H and O–H groups in total. The van der Waals surface area contributed by atoms with Crippen molar-refractivity contribution in [2.24, 2.45) is 0 Å². The molecule has 1 aromatic heterocycles. The van der Waals surface area contributed by atoms with E-state index in [2.05, 4.69) is 10.1 Å². The second-order valence-electron chi connectivity index (χ2n) is 3.06. The zero-order valence-corrected chi connectivity index (χ0v) is 9.44. The first kappa shape index (κ1) is 10.7. The zero-order chi connectivity index (χ0) is 11.5. The number of nitrogens with zero attached hydrogens (tertiary/aromatic N) is 3. The van der Waals surface area contributed by atoms with Crippen LogP contribution >= 0.6 is 11.8 Å². The SMILES string of the molecule is CSc1nc(=O)c(-c2ccccc2)nn1N. The van der Waals surface area contributed by atoms with E-state index in [-0.39, 0.29) is 11.3 Å². The number of thioether (sulfide) groups is 1. The fraction of sp³-hybridized carbons (Fsp3) is 0.100. The average molecular weight is 234 g/mol. The molecule has 5 nitrogen and oxygen atoms in total. The average Bonchev–Trinajstić information content (AvgIpc) is 2.32. The van der Waals surface area contributed by atoms with E-state index in [4.69, 9.17) is 5.84 Å². The van der Waals surface area contributed by atoms with E-state index >= 15 is 0 Å². The Balaban J connectivity index is 2.60. The van der Waals surface area contributed by atoms with Gasteiger partial charge in [0, 0.05) is 5.56 Å². The molecule has 0 fully saturated rings. The van der Waals surface area contributed by atoms with Gasteiger partial charge in [-0.05, 0) is 6.26 Å². The van der Waals surface area contributed by atoms with Gasteiger partial charge in [-0.1, -0.05) is 42.1 Å². The Labute approximate surface area is 96.3 Å². The molecule has 1 heterocycles. The highest BCUT2D eigenvalue weighted by atomic mass is 32.2. The van der Waals surface area contributed by atoms with Crippen LogP contribution in [0.15, 0.2) is 40.3 Å². The van der Waals surface area contributed by atoms with Gasteiger partial charge in [0.2, 0.25) is 5.16 Å². The monoisotopic (exact) mass is 234 g/mol. The summed E-state index contributed by atoms with van der Waals surface area (Å²) in [6.45, 7) is 0. The molecule has 0 spiro atoms. The molecule has 1 aromatic carbocycles. The van der Waals surface area contributed by atoms with Crippen LogP contribution in [-0.4, -0.2) is 21.1 Å². The fourth-order valence-corrected chi connectivity index (χ4v) is 1.70. The number of hydrogen-bond acceptors (Lipinski definition) is 5. The van der Waals surface area contributed by atoms with Gasteiger partial charge in [-0.3, -0.25) is 4.79 Å². The van der Waals surface area contributed by atoms with Gasteiger partial charge in [0.1, 0.15) is 0 Å². The highest BCUT2D eigenvalue weighted by Gasteiger charge is 2.09. The second-order valence-corrected chi connectivity index (χ2v) is 3.84. The number of hydrogen-bond donors (Lipinski definition) is 1. The summed E-state index contributed by atoms with van der Waals surface area (Å²) in [6, 6.07) is 9.13. The molecule has 0 aliphatic rings. The van der Waals surface area contributed by atoms with Crippen LogP contribution in [0.3, 0.4) is 0 Å². The Bertz CT molecular complexity index is 552. The predicted octanol–water partition coefficient (Wildman–Crippen LogP) is 0.741. The van der Waals surface area contributed by atoms with Crippen molar-refractivity contribution in [3.8, 4) is 11.3 Å². The molecular weight excluding hydrogens is 224 g/mol. The lowest BCUT2D eigenvalue weighted by molar-refractivity contribution is 0.660. The summed E-state index contributed by atoms with van der Waals surface area (Å²) in [5.41, 5.74) is 0.616. The molecule has 0 saturated carbocycles. The summed E-state index contributed by atoms with van der Waals surface area (Å²) in [5, 5.41) is 4.41. The van der Waals surface area contributed by atoms with Crippen LogP contribution < -0.4 is 11.4 Å². The lowest BCUT2D eigenvalue weighted by Crippen LogP contribution is -2.25. The number of nitrogen functional groups attached to an aromatic ring is 1. The minimum atomic E-state index is -0.364. The van der Waals surface area contributed by atoms with Crippen molar-refractivity contribution < 1.29 is 0 Å². The largest absolute Gasteiger partial charge is 0.321 e. The Morgan fingerprint density at radius 1 is 1.31 bits per heavy atom. The van der Waals surface area contributed by atoms with Crippen LogP contribution in [0.4, 0.5) is 0 Å². The van der Waals surface area contributed by atoms with Gasteiger partial charge < -0.3 is 5.84 Å². The third-order valence-electron chi connectivity index (χ3n) is 2.03. The molecule has 82 valence electrons. The molecular formula is C10H10N4OS. The van der Waals surface area contributed by atoms with Gasteiger partial charge in [0.15, 0.2) is 5.69 Å². The first-order valence-corrected chi connectivity index (χ1v) is 5.80. The van der Waals surface area contributed by atoms with Crippen LogP contribution in [0.5, 0.6) is 0 Å². The predicted molar refractivity (Wildman–Crippen MR) is 63.7 cm³/mol. The Morgan fingerprint density at radius 3 is 2.62 bits per heavy atom. The molecule has 0 atom stereocenters.